The number of hydrogen-bond acceptors (Lipinski definition) is 2. The molecule has 1 atom stereocenters. The van der Waals surface area contributed by atoms with Gasteiger partial charge in [-0.3, -0.25) is 4.68 Å². The van der Waals surface area contributed by atoms with Crippen molar-refractivity contribution in [3.05, 3.63) is 45.2 Å². The van der Waals surface area contributed by atoms with E-state index in [1.165, 1.54) is 5.56 Å². The molecule has 1 unspecified atom stereocenters. The number of halogens is 2. The summed E-state index contributed by atoms with van der Waals surface area (Å²) in [6, 6.07) is 5.57. The Morgan fingerprint density at radius 3 is 2.26 bits per heavy atom. The lowest BCUT2D eigenvalue weighted by Crippen LogP contribution is -2.09. The summed E-state index contributed by atoms with van der Waals surface area (Å²) < 4.78 is 1.89. The minimum atomic E-state index is 0.0890. The van der Waals surface area contributed by atoms with Crippen LogP contribution in [0.3, 0.4) is 0 Å². The highest BCUT2D eigenvalue weighted by atomic mass is 35.5. The van der Waals surface area contributed by atoms with Crippen LogP contribution in [0.1, 0.15) is 29.9 Å². The summed E-state index contributed by atoms with van der Waals surface area (Å²) in [6.07, 6.45) is 0. The van der Waals surface area contributed by atoms with Crippen molar-refractivity contribution in [2.75, 3.05) is 5.32 Å². The van der Waals surface area contributed by atoms with E-state index >= 15 is 0 Å². The molecule has 0 saturated heterocycles. The van der Waals surface area contributed by atoms with Crippen LogP contribution in [0.15, 0.2) is 18.2 Å². The van der Waals surface area contributed by atoms with Crippen molar-refractivity contribution in [3.63, 3.8) is 0 Å². The first-order valence-electron chi connectivity index (χ1n) is 6.12. The van der Waals surface area contributed by atoms with Gasteiger partial charge < -0.3 is 5.32 Å². The summed E-state index contributed by atoms with van der Waals surface area (Å²) in [5, 5.41) is 9.05. The fourth-order valence-corrected chi connectivity index (χ4v) is 2.85. The maximum atomic E-state index is 6.18. The van der Waals surface area contributed by atoms with Crippen LogP contribution in [0.5, 0.6) is 0 Å². The minimum absolute atomic E-state index is 0.0890. The van der Waals surface area contributed by atoms with Gasteiger partial charge in [0, 0.05) is 18.3 Å². The molecule has 0 aliphatic carbocycles. The van der Waals surface area contributed by atoms with Crippen LogP contribution < -0.4 is 5.32 Å². The van der Waals surface area contributed by atoms with Gasteiger partial charge in [-0.1, -0.05) is 29.3 Å². The smallest absolute Gasteiger partial charge is 0.0723 e. The van der Waals surface area contributed by atoms with Crippen molar-refractivity contribution < 1.29 is 0 Å². The van der Waals surface area contributed by atoms with Crippen LogP contribution >= 0.6 is 23.2 Å². The number of aryl methyl sites for hydroxylation is 2. The third-order valence-electron chi connectivity index (χ3n) is 3.32. The number of nitrogens with one attached hydrogen (secondary N) is 1. The molecule has 0 spiro atoms. The van der Waals surface area contributed by atoms with E-state index in [-0.39, 0.29) is 6.04 Å². The molecule has 0 aliphatic heterocycles. The fraction of sp³-hybridized carbons (Fsp3) is 0.357. The fourth-order valence-electron chi connectivity index (χ4n) is 2.34. The molecule has 1 aromatic carbocycles. The zero-order chi connectivity index (χ0) is 14.2. The zero-order valence-electron chi connectivity index (χ0n) is 11.5. The molecule has 3 nitrogen and oxygen atoms in total. The van der Waals surface area contributed by atoms with Crippen molar-refractivity contribution in [2.45, 2.75) is 26.8 Å². The second-order valence-electron chi connectivity index (χ2n) is 4.67. The van der Waals surface area contributed by atoms with E-state index in [9.17, 15) is 0 Å². The van der Waals surface area contributed by atoms with Gasteiger partial charge in [0.2, 0.25) is 0 Å². The van der Waals surface area contributed by atoms with Crippen molar-refractivity contribution >= 4 is 28.9 Å². The van der Waals surface area contributed by atoms with Crippen LogP contribution in [0.25, 0.3) is 0 Å². The summed E-state index contributed by atoms with van der Waals surface area (Å²) >= 11 is 12.4. The Bertz CT molecular complexity index is 585. The molecule has 0 aliphatic rings. The Hall–Kier alpha value is -1.19. The summed E-state index contributed by atoms with van der Waals surface area (Å²) in [5.41, 5.74) is 4.10. The Labute approximate surface area is 123 Å². The SMILES string of the molecule is Cc1nn(C)c(C)c1C(C)Nc1c(Cl)cccc1Cl. The lowest BCUT2D eigenvalue weighted by Gasteiger charge is -2.18. The van der Waals surface area contributed by atoms with Crippen molar-refractivity contribution in [1.82, 2.24) is 9.78 Å². The van der Waals surface area contributed by atoms with E-state index in [1.54, 1.807) is 0 Å². The molecule has 5 heteroatoms. The molecule has 0 saturated carbocycles. The summed E-state index contributed by atoms with van der Waals surface area (Å²) in [6.45, 7) is 6.15. The highest BCUT2D eigenvalue weighted by Gasteiger charge is 2.17. The van der Waals surface area contributed by atoms with E-state index in [2.05, 4.69) is 24.3 Å². The van der Waals surface area contributed by atoms with Crippen LogP contribution in [-0.4, -0.2) is 9.78 Å². The number of hydrogen-bond donors (Lipinski definition) is 1. The molecule has 0 fully saturated rings. The van der Waals surface area contributed by atoms with Gasteiger partial charge in [-0.15, -0.1) is 0 Å². The van der Waals surface area contributed by atoms with E-state index in [0.29, 0.717) is 10.0 Å². The summed E-state index contributed by atoms with van der Waals surface area (Å²) in [5.74, 6) is 0. The minimum Gasteiger partial charge on any atom is -0.376 e. The van der Waals surface area contributed by atoms with Gasteiger partial charge in [-0.2, -0.15) is 5.10 Å². The Morgan fingerprint density at radius 2 is 1.79 bits per heavy atom. The van der Waals surface area contributed by atoms with Crippen LogP contribution in [0.4, 0.5) is 5.69 Å². The number of aromatic nitrogens is 2. The predicted molar refractivity (Wildman–Crippen MR) is 81.2 cm³/mol. The quantitative estimate of drug-likeness (QED) is 0.903. The highest BCUT2D eigenvalue weighted by molar-refractivity contribution is 6.39. The van der Waals surface area contributed by atoms with Crippen molar-refractivity contribution in [2.24, 2.45) is 7.05 Å². The maximum Gasteiger partial charge on any atom is 0.0723 e. The van der Waals surface area contributed by atoms with E-state index in [4.69, 9.17) is 23.2 Å². The second kappa shape index (κ2) is 5.43. The standard InChI is InChI=1S/C14H17Cl2N3/c1-8(13-9(2)18-19(4)10(13)3)17-14-11(15)6-5-7-12(14)16/h5-8,17H,1-4H3. The Morgan fingerprint density at radius 1 is 1.21 bits per heavy atom. The summed E-state index contributed by atoms with van der Waals surface area (Å²) in [7, 11) is 1.95. The molecule has 2 aromatic rings. The van der Waals surface area contributed by atoms with Gasteiger partial charge in [0.25, 0.3) is 0 Å². The van der Waals surface area contributed by atoms with E-state index < -0.39 is 0 Å². The molecule has 1 heterocycles. The summed E-state index contributed by atoms with van der Waals surface area (Å²) in [4.78, 5) is 0. The van der Waals surface area contributed by atoms with Crippen LogP contribution in [0, 0.1) is 13.8 Å². The maximum absolute atomic E-state index is 6.18. The zero-order valence-corrected chi connectivity index (χ0v) is 13.0. The number of anilines is 1. The number of nitrogens with zero attached hydrogens (tertiary/aromatic N) is 2. The average molecular weight is 298 g/mol. The normalized spacial score (nSPS) is 12.5. The lowest BCUT2D eigenvalue weighted by molar-refractivity contribution is 0.728. The third kappa shape index (κ3) is 2.72. The van der Waals surface area contributed by atoms with Crippen LogP contribution in [0.2, 0.25) is 10.0 Å². The molecule has 102 valence electrons. The molecule has 1 N–H and O–H groups in total. The van der Waals surface area contributed by atoms with Gasteiger partial charge >= 0.3 is 0 Å². The molecular formula is C14H17Cl2N3. The first kappa shape index (κ1) is 14.2. The van der Waals surface area contributed by atoms with E-state index in [1.807, 2.05) is 36.9 Å². The third-order valence-corrected chi connectivity index (χ3v) is 3.95. The first-order chi connectivity index (χ1) is 8.91. The number of rotatable bonds is 3. The molecule has 2 rings (SSSR count). The molecule has 0 bridgehead atoms. The monoisotopic (exact) mass is 297 g/mol. The van der Waals surface area contributed by atoms with E-state index in [0.717, 1.165) is 17.1 Å². The lowest BCUT2D eigenvalue weighted by atomic mass is 10.1. The van der Waals surface area contributed by atoms with Gasteiger partial charge in [-0.05, 0) is 32.9 Å². The Kier molecular flexibility index (Phi) is 4.07. The topological polar surface area (TPSA) is 29.9 Å². The molecule has 0 amide bonds. The first-order valence-corrected chi connectivity index (χ1v) is 6.88. The second-order valence-corrected chi connectivity index (χ2v) is 5.49. The largest absolute Gasteiger partial charge is 0.376 e. The molecule has 19 heavy (non-hydrogen) atoms. The molecule has 1 aromatic heterocycles. The predicted octanol–water partition coefficient (Wildman–Crippen LogP) is 4.52. The number of para-hydroxylation sites is 1. The Balaban J connectivity index is 2.33. The van der Waals surface area contributed by atoms with Gasteiger partial charge in [0.15, 0.2) is 0 Å². The van der Waals surface area contributed by atoms with Gasteiger partial charge in [-0.25, -0.2) is 0 Å². The van der Waals surface area contributed by atoms with Crippen molar-refractivity contribution in [3.8, 4) is 0 Å². The number of benzene rings is 1. The molecular weight excluding hydrogens is 281 g/mol. The highest BCUT2D eigenvalue weighted by Crippen LogP contribution is 2.34. The van der Waals surface area contributed by atoms with Gasteiger partial charge in [0.1, 0.15) is 0 Å². The van der Waals surface area contributed by atoms with Gasteiger partial charge in [0.05, 0.1) is 27.5 Å². The van der Waals surface area contributed by atoms with Crippen molar-refractivity contribution in [1.29, 1.82) is 0 Å². The average Bonchev–Trinajstić information content (AvgIpc) is 2.58. The van der Waals surface area contributed by atoms with Crippen LogP contribution in [-0.2, 0) is 7.05 Å². The molecule has 0 radical (unpaired) electrons.